The van der Waals surface area contributed by atoms with E-state index in [1.54, 1.807) is 31.4 Å². The van der Waals surface area contributed by atoms with E-state index in [9.17, 15) is 8.42 Å². The monoisotopic (exact) mass is 430 g/mol. The molecular formula is C22H30N4O3S. The van der Waals surface area contributed by atoms with Crippen molar-refractivity contribution in [3.8, 4) is 0 Å². The summed E-state index contributed by atoms with van der Waals surface area (Å²) in [5.41, 5.74) is 9.75. The van der Waals surface area contributed by atoms with Crippen LogP contribution in [0, 0.1) is 13.8 Å². The van der Waals surface area contributed by atoms with E-state index in [2.05, 4.69) is 9.55 Å². The van der Waals surface area contributed by atoms with Gasteiger partial charge in [-0.25, -0.2) is 18.4 Å². The van der Waals surface area contributed by atoms with Crippen molar-refractivity contribution in [2.45, 2.75) is 57.6 Å². The van der Waals surface area contributed by atoms with Crippen LogP contribution in [0.1, 0.15) is 49.4 Å². The molecule has 1 unspecified atom stereocenters. The van der Waals surface area contributed by atoms with Crippen LogP contribution < -0.4 is 5.73 Å². The highest BCUT2D eigenvalue weighted by atomic mass is 32.2. The molecule has 0 saturated heterocycles. The van der Waals surface area contributed by atoms with E-state index in [1.807, 2.05) is 26.8 Å². The van der Waals surface area contributed by atoms with Crippen molar-refractivity contribution in [2.24, 2.45) is 0 Å². The average Bonchev–Trinajstić information content (AvgIpc) is 3.12. The zero-order valence-electron chi connectivity index (χ0n) is 18.1. The number of methoxy groups -OCH3 is 1. The van der Waals surface area contributed by atoms with Gasteiger partial charge in [0.05, 0.1) is 16.2 Å². The highest BCUT2D eigenvalue weighted by molar-refractivity contribution is 7.91. The van der Waals surface area contributed by atoms with Crippen LogP contribution in [-0.4, -0.2) is 35.8 Å². The number of rotatable bonds is 9. The van der Waals surface area contributed by atoms with Gasteiger partial charge in [-0.05, 0) is 51.3 Å². The van der Waals surface area contributed by atoms with E-state index in [0.29, 0.717) is 29.2 Å². The number of hydrogen-bond acceptors (Lipinski definition) is 6. The van der Waals surface area contributed by atoms with Crippen molar-refractivity contribution in [3.63, 3.8) is 0 Å². The van der Waals surface area contributed by atoms with Crippen LogP contribution in [0.4, 0.5) is 5.82 Å². The molecule has 0 bridgehead atoms. The van der Waals surface area contributed by atoms with Gasteiger partial charge in [0.1, 0.15) is 17.4 Å². The molecule has 2 aromatic heterocycles. The Labute approximate surface area is 178 Å². The second-order valence-electron chi connectivity index (χ2n) is 7.60. The Morgan fingerprint density at radius 3 is 2.47 bits per heavy atom. The van der Waals surface area contributed by atoms with Gasteiger partial charge < -0.3 is 15.0 Å². The summed E-state index contributed by atoms with van der Waals surface area (Å²) < 4.78 is 32.6. The maximum atomic E-state index is 12.4. The fourth-order valence-corrected chi connectivity index (χ4v) is 5.04. The maximum Gasteiger partial charge on any atom is 0.178 e. The molecule has 0 spiro atoms. The van der Waals surface area contributed by atoms with Crippen molar-refractivity contribution in [2.75, 3.05) is 18.6 Å². The number of aryl methyl sites for hydroxylation is 3. The van der Waals surface area contributed by atoms with Gasteiger partial charge >= 0.3 is 0 Å². The number of nitrogens with zero attached hydrogens (tertiary/aromatic N) is 3. The Balaban J connectivity index is 1.74. The number of anilines is 1. The third-order valence-corrected chi connectivity index (χ3v) is 7.36. The van der Waals surface area contributed by atoms with E-state index in [0.717, 1.165) is 35.4 Å². The first-order chi connectivity index (χ1) is 14.3. The number of ether oxygens (including phenoxy) is 1. The standard InChI is InChI=1S/C22H30N4O3S/c1-15-16(2)24-21(23)19-20(15)26(22(25-19)17(3)29-4)13-9-6-10-14-30(27,28)18-11-7-5-8-12-18/h5,7-8,11-12,17H,6,9-10,13-14H2,1-4H3,(H2,23,24). The smallest absolute Gasteiger partial charge is 0.178 e. The number of aromatic nitrogens is 3. The number of imidazole rings is 1. The molecule has 0 fully saturated rings. The van der Waals surface area contributed by atoms with Gasteiger partial charge in [-0.3, -0.25) is 0 Å². The summed E-state index contributed by atoms with van der Waals surface area (Å²) in [6.07, 6.45) is 2.06. The Morgan fingerprint density at radius 1 is 1.10 bits per heavy atom. The molecule has 8 heteroatoms. The number of nitrogen functional groups attached to an aromatic ring is 1. The Kier molecular flexibility index (Phi) is 6.77. The van der Waals surface area contributed by atoms with Crippen LogP contribution in [0.25, 0.3) is 11.0 Å². The van der Waals surface area contributed by atoms with Gasteiger partial charge in [0.25, 0.3) is 0 Å². The van der Waals surface area contributed by atoms with Gasteiger partial charge in [0, 0.05) is 19.3 Å². The molecule has 3 rings (SSSR count). The molecule has 7 nitrogen and oxygen atoms in total. The van der Waals surface area contributed by atoms with Gasteiger partial charge in [0.2, 0.25) is 0 Å². The molecule has 30 heavy (non-hydrogen) atoms. The van der Waals surface area contributed by atoms with E-state index in [4.69, 9.17) is 15.5 Å². The number of benzene rings is 1. The zero-order chi connectivity index (χ0) is 21.9. The number of hydrogen-bond donors (Lipinski definition) is 1. The van der Waals surface area contributed by atoms with E-state index < -0.39 is 9.84 Å². The number of nitrogens with two attached hydrogens (primary N) is 1. The van der Waals surface area contributed by atoms with Crippen LogP contribution in [0.3, 0.4) is 0 Å². The fraction of sp³-hybridized carbons (Fsp3) is 0.455. The summed E-state index contributed by atoms with van der Waals surface area (Å²) in [6, 6.07) is 8.61. The molecule has 3 aromatic rings. The summed E-state index contributed by atoms with van der Waals surface area (Å²) in [6.45, 7) is 6.64. The largest absolute Gasteiger partial charge is 0.382 e. The van der Waals surface area contributed by atoms with Crippen LogP contribution >= 0.6 is 0 Å². The second-order valence-corrected chi connectivity index (χ2v) is 9.71. The van der Waals surface area contributed by atoms with Gasteiger partial charge in [-0.2, -0.15) is 0 Å². The van der Waals surface area contributed by atoms with Crippen LogP contribution in [0.5, 0.6) is 0 Å². The van der Waals surface area contributed by atoms with Crippen LogP contribution in [-0.2, 0) is 21.1 Å². The predicted octanol–water partition coefficient (Wildman–Crippen LogP) is 3.98. The quantitative estimate of drug-likeness (QED) is 0.515. The molecule has 2 N–H and O–H groups in total. The normalized spacial score (nSPS) is 13.1. The second kappa shape index (κ2) is 9.14. The van der Waals surface area contributed by atoms with E-state index in [-0.39, 0.29) is 11.9 Å². The molecule has 0 aliphatic heterocycles. The first kappa shape index (κ1) is 22.2. The van der Waals surface area contributed by atoms with Crippen LogP contribution in [0.15, 0.2) is 35.2 Å². The third kappa shape index (κ3) is 4.49. The van der Waals surface area contributed by atoms with E-state index in [1.165, 1.54) is 0 Å². The van der Waals surface area contributed by atoms with Crippen molar-refractivity contribution in [3.05, 3.63) is 47.4 Å². The SMILES string of the molecule is COC(C)c1nc2c(N)nc(C)c(C)c2n1CCCCCS(=O)(=O)c1ccccc1. The summed E-state index contributed by atoms with van der Waals surface area (Å²) in [5.74, 6) is 1.38. The lowest BCUT2D eigenvalue weighted by molar-refractivity contribution is 0.109. The Bertz CT molecular complexity index is 1120. The van der Waals surface area contributed by atoms with Gasteiger partial charge in [-0.15, -0.1) is 0 Å². The minimum absolute atomic E-state index is 0.151. The van der Waals surface area contributed by atoms with Crippen LogP contribution in [0.2, 0.25) is 0 Å². The molecule has 2 heterocycles. The molecule has 1 atom stereocenters. The number of pyridine rings is 1. The first-order valence-corrected chi connectivity index (χ1v) is 11.8. The molecule has 0 aliphatic carbocycles. The highest BCUT2D eigenvalue weighted by Crippen LogP contribution is 2.29. The van der Waals surface area contributed by atoms with Crippen molar-refractivity contribution < 1.29 is 13.2 Å². The minimum atomic E-state index is -3.24. The molecule has 0 amide bonds. The van der Waals surface area contributed by atoms with Crippen molar-refractivity contribution >= 4 is 26.7 Å². The molecular weight excluding hydrogens is 400 g/mol. The van der Waals surface area contributed by atoms with Gasteiger partial charge in [0.15, 0.2) is 15.7 Å². The van der Waals surface area contributed by atoms with Gasteiger partial charge in [-0.1, -0.05) is 24.6 Å². The fourth-order valence-electron chi connectivity index (χ4n) is 3.64. The average molecular weight is 431 g/mol. The molecule has 0 radical (unpaired) electrons. The van der Waals surface area contributed by atoms with E-state index >= 15 is 0 Å². The summed E-state index contributed by atoms with van der Waals surface area (Å²) in [4.78, 5) is 9.50. The maximum absolute atomic E-state index is 12.4. The zero-order valence-corrected chi connectivity index (χ0v) is 18.9. The predicted molar refractivity (Wildman–Crippen MR) is 119 cm³/mol. The summed E-state index contributed by atoms with van der Waals surface area (Å²) >= 11 is 0. The first-order valence-electron chi connectivity index (χ1n) is 10.2. The topological polar surface area (TPSA) is 100 Å². The lowest BCUT2D eigenvalue weighted by Crippen LogP contribution is -2.10. The molecule has 0 saturated carbocycles. The Morgan fingerprint density at radius 2 is 1.80 bits per heavy atom. The number of fused-ring (bicyclic) bond motifs is 1. The highest BCUT2D eigenvalue weighted by Gasteiger charge is 2.21. The summed E-state index contributed by atoms with van der Waals surface area (Å²) in [5, 5.41) is 0. The lowest BCUT2D eigenvalue weighted by atomic mass is 10.2. The third-order valence-electron chi connectivity index (χ3n) is 5.54. The lowest BCUT2D eigenvalue weighted by Gasteiger charge is -2.15. The minimum Gasteiger partial charge on any atom is -0.382 e. The van der Waals surface area contributed by atoms with Crippen molar-refractivity contribution in [1.82, 2.24) is 14.5 Å². The Hall–Kier alpha value is -2.45. The van der Waals surface area contributed by atoms with Crippen molar-refractivity contribution in [1.29, 1.82) is 0 Å². The number of unbranched alkanes of at least 4 members (excludes halogenated alkanes) is 2. The molecule has 162 valence electrons. The summed E-state index contributed by atoms with van der Waals surface area (Å²) in [7, 11) is -1.58. The molecule has 1 aromatic carbocycles. The molecule has 0 aliphatic rings. The number of sulfone groups is 1.